The summed E-state index contributed by atoms with van der Waals surface area (Å²) in [5.41, 5.74) is 2.92. The molecule has 3 N–H and O–H groups in total. The summed E-state index contributed by atoms with van der Waals surface area (Å²) in [6.07, 6.45) is 2.17. The monoisotopic (exact) mass is 334 g/mol. The first-order valence-electron chi connectivity index (χ1n) is 7.35. The number of nitrogens with zero attached hydrogens (tertiary/aromatic N) is 1. The van der Waals surface area contributed by atoms with Crippen molar-refractivity contribution in [2.24, 2.45) is 0 Å². The minimum atomic E-state index is -2.99. The van der Waals surface area contributed by atoms with Gasteiger partial charge in [0.2, 0.25) is 0 Å². The van der Waals surface area contributed by atoms with Crippen molar-refractivity contribution in [3.63, 3.8) is 0 Å². The average molecular weight is 334 g/mol. The zero-order valence-electron chi connectivity index (χ0n) is 12.5. The lowest BCUT2D eigenvalue weighted by atomic mass is 10.1. The number of hydrogen-bond donors (Lipinski definition) is 3. The van der Waals surface area contributed by atoms with Crippen LogP contribution in [-0.2, 0) is 16.4 Å². The number of nitrogens with one attached hydrogen (secondary N) is 3. The summed E-state index contributed by atoms with van der Waals surface area (Å²) in [6.45, 7) is 0.383. The van der Waals surface area contributed by atoms with Crippen LogP contribution in [0.4, 0.5) is 4.79 Å². The van der Waals surface area contributed by atoms with Gasteiger partial charge in [-0.25, -0.2) is 13.2 Å². The van der Waals surface area contributed by atoms with Crippen molar-refractivity contribution in [2.45, 2.75) is 19.0 Å². The first-order valence-corrected chi connectivity index (χ1v) is 9.17. The summed E-state index contributed by atoms with van der Waals surface area (Å²) in [6, 6.07) is 9.01. The van der Waals surface area contributed by atoms with Gasteiger partial charge in [-0.05, 0) is 23.6 Å². The SMILES string of the molecule is O=C(NCc1ccc(-c2ccn[nH]2)cc1)NC1CCS(=O)(=O)C1. The number of sulfone groups is 1. The fourth-order valence-electron chi connectivity index (χ4n) is 2.55. The molecule has 1 aromatic heterocycles. The summed E-state index contributed by atoms with van der Waals surface area (Å²) in [5.74, 6) is 0.173. The molecule has 7 nitrogen and oxygen atoms in total. The lowest BCUT2D eigenvalue weighted by molar-refractivity contribution is 0.237. The number of aromatic amines is 1. The number of benzene rings is 1. The minimum Gasteiger partial charge on any atom is -0.334 e. The van der Waals surface area contributed by atoms with Crippen LogP contribution in [0, 0.1) is 0 Å². The van der Waals surface area contributed by atoms with Gasteiger partial charge in [-0.1, -0.05) is 24.3 Å². The van der Waals surface area contributed by atoms with E-state index in [0.717, 1.165) is 16.8 Å². The van der Waals surface area contributed by atoms with Gasteiger partial charge in [-0.15, -0.1) is 0 Å². The highest BCUT2D eigenvalue weighted by Crippen LogP contribution is 2.16. The number of urea groups is 1. The van der Waals surface area contributed by atoms with Gasteiger partial charge in [-0.3, -0.25) is 5.10 Å². The van der Waals surface area contributed by atoms with Crippen molar-refractivity contribution in [3.8, 4) is 11.3 Å². The van der Waals surface area contributed by atoms with Crippen LogP contribution in [0.1, 0.15) is 12.0 Å². The molecule has 0 spiro atoms. The molecule has 3 rings (SSSR count). The Morgan fingerprint density at radius 1 is 1.26 bits per heavy atom. The van der Waals surface area contributed by atoms with Crippen LogP contribution in [0.2, 0.25) is 0 Å². The molecule has 1 aromatic carbocycles. The third-order valence-electron chi connectivity index (χ3n) is 3.79. The van der Waals surface area contributed by atoms with E-state index in [9.17, 15) is 13.2 Å². The van der Waals surface area contributed by atoms with Crippen molar-refractivity contribution >= 4 is 15.9 Å². The number of carbonyl (C=O) groups excluding carboxylic acids is 1. The fourth-order valence-corrected chi connectivity index (χ4v) is 4.22. The van der Waals surface area contributed by atoms with Crippen LogP contribution in [0.25, 0.3) is 11.3 Å². The Hall–Kier alpha value is -2.35. The second kappa shape index (κ2) is 6.41. The molecule has 23 heavy (non-hydrogen) atoms. The molecule has 0 radical (unpaired) electrons. The molecule has 1 aliphatic heterocycles. The molecule has 1 aliphatic rings. The predicted molar refractivity (Wildman–Crippen MR) is 86.5 cm³/mol. The van der Waals surface area contributed by atoms with Crippen LogP contribution in [-0.4, -0.2) is 42.2 Å². The maximum Gasteiger partial charge on any atom is 0.315 e. The Balaban J connectivity index is 1.49. The number of rotatable bonds is 4. The molecular weight excluding hydrogens is 316 g/mol. The molecule has 0 bridgehead atoms. The van der Waals surface area contributed by atoms with Crippen LogP contribution in [0.15, 0.2) is 36.5 Å². The van der Waals surface area contributed by atoms with Crippen molar-refractivity contribution in [3.05, 3.63) is 42.1 Å². The number of carbonyl (C=O) groups is 1. The van der Waals surface area contributed by atoms with Gasteiger partial charge in [0.1, 0.15) is 0 Å². The largest absolute Gasteiger partial charge is 0.334 e. The highest BCUT2D eigenvalue weighted by molar-refractivity contribution is 7.91. The lowest BCUT2D eigenvalue weighted by Crippen LogP contribution is -2.42. The average Bonchev–Trinajstić information content (AvgIpc) is 3.15. The number of amides is 2. The fraction of sp³-hybridized carbons (Fsp3) is 0.333. The maximum atomic E-state index is 11.8. The van der Waals surface area contributed by atoms with E-state index in [1.54, 1.807) is 6.20 Å². The van der Waals surface area contributed by atoms with E-state index >= 15 is 0 Å². The summed E-state index contributed by atoms with van der Waals surface area (Å²) in [5, 5.41) is 12.2. The van der Waals surface area contributed by atoms with E-state index in [0.29, 0.717) is 13.0 Å². The van der Waals surface area contributed by atoms with E-state index < -0.39 is 9.84 Å². The second-order valence-electron chi connectivity index (χ2n) is 5.59. The topological polar surface area (TPSA) is 104 Å². The van der Waals surface area contributed by atoms with Crippen molar-refractivity contribution < 1.29 is 13.2 Å². The van der Waals surface area contributed by atoms with Gasteiger partial charge in [0.15, 0.2) is 9.84 Å². The minimum absolute atomic E-state index is 0.0271. The summed E-state index contributed by atoms with van der Waals surface area (Å²) in [4.78, 5) is 11.8. The van der Waals surface area contributed by atoms with E-state index in [1.807, 2.05) is 30.3 Å². The predicted octanol–water partition coefficient (Wildman–Crippen LogP) is 1.06. The molecule has 2 heterocycles. The molecule has 1 saturated heterocycles. The molecular formula is C15H18N4O3S. The second-order valence-corrected chi connectivity index (χ2v) is 7.82. The van der Waals surface area contributed by atoms with E-state index in [4.69, 9.17) is 0 Å². The Morgan fingerprint density at radius 2 is 2.04 bits per heavy atom. The quantitative estimate of drug-likeness (QED) is 0.778. The van der Waals surface area contributed by atoms with Gasteiger partial charge in [0.05, 0.1) is 17.2 Å². The molecule has 0 saturated carbocycles. The van der Waals surface area contributed by atoms with E-state index in [1.165, 1.54) is 0 Å². The molecule has 0 aliphatic carbocycles. The first-order chi connectivity index (χ1) is 11.0. The molecule has 2 aromatic rings. The van der Waals surface area contributed by atoms with Crippen LogP contribution in [0.5, 0.6) is 0 Å². The van der Waals surface area contributed by atoms with E-state index in [-0.39, 0.29) is 23.6 Å². The first kappa shape index (κ1) is 15.5. The smallest absolute Gasteiger partial charge is 0.315 e. The molecule has 2 amide bonds. The Bertz CT molecular complexity index is 770. The Kier molecular flexibility index (Phi) is 4.33. The molecule has 1 fully saturated rings. The lowest BCUT2D eigenvalue weighted by Gasteiger charge is -2.12. The van der Waals surface area contributed by atoms with Gasteiger partial charge in [0, 0.05) is 18.8 Å². The Labute approximate surface area is 134 Å². The highest BCUT2D eigenvalue weighted by Gasteiger charge is 2.28. The van der Waals surface area contributed by atoms with Crippen LogP contribution in [0.3, 0.4) is 0 Å². The summed E-state index contributed by atoms with van der Waals surface area (Å²) in [7, 11) is -2.99. The Morgan fingerprint density at radius 3 is 2.65 bits per heavy atom. The summed E-state index contributed by atoms with van der Waals surface area (Å²) < 4.78 is 22.7. The standard InChI is InChI=1S/C15H18N4O3S/c20-15(18-13-6-8-23(21,22)10-13)16-9-11-1-3-12(4-2-11)14-5-7-17-19-14/h1-5,7,13H,6,8-10H2,(H,17,19)(H2,16,18,20). The van der Waals surface area contributed by atoms with Crippen molar-refractivity contribution in [1.29, 1.82) is 0 Å². The van der Waals surface area contributed by atoms with E-state index in [2.05, 4.69) is 20.8 Å². The molecule has 1 unspecified atom stereocenters. The van der Waals surface area contributed by atoms with Gasteiger partial charge < -0.3 is 10.6 Å². The number of aromatic nitrogens is 2. The molecule has 122 valence electrons. The summed E-state index contributed by atoms with van der Waals surface area (Å²) >= 11 is 0. The van der Waals surface area contributed by atoms with Gasteiger partial charge >= 0.3 is 6.03 Å². The number of H-pyrrole nitrogens is 1. The third-order valence-corrected chi connectivity index (χ3v) is 5.55. The highest BCUT2D eigenvalue weighted by atomic mass is 32.2. The zero-order valence-corrected chi connectivity index (χ0v) is 13.3. The molecule has 8 heteroatoms. The zero-order chi connectivity index (χ0) is 16.3. The van der Waals surface area contributed by atoms with Gasteiger partial charge in [0.25, 0.3) is 0 Å². The van der Waals surface area contributed by atoms with Crippen LogP contribution >= 0.6 is 0 Å². The molecule has 1 atom stereocenters. The van der Waals surface area contributed by atoms with Crippen molar-refractivity contribution in [1.82, 2.24) is 20.8 Å². The van der Waals surface area contributed by atoms with Crippen molar-refractivity contribution in [2.75, 3.05) is 11.5 Å². The van der Waals surface area contributed by atoms with Crippen LogP contribution < -0.4 is 10.6 Å². The normalized spacial score (nSPS) is 19.4. The third kappa shape index (κ3) is 4.10. The maximum absolute atomic E-state index is 11.8. The number of hydrogen-bond acceptors (Lipinski definition) is 4. The van der Waals surface area contributed by atoms with Gasteiger partial charge in [-0.2, -0.15) is 5.10 Å².